The normalized spacial score (nSPS) is 11.3. The Labute approximate surface area is 138 Å². The standard InChI is InChI=1S/C19H24N2O2/c1-16(17-11-7-8-12-18(17)21(22)23)15-20(5)14-10-6-9-13-19(2,3)4/h6-8,10-12H,1,14-15H2,2-5H3/b10-6+. The van der Waals surface area contributed by atoms with Crippen LogP contribution in [0.25, 0.3) is 5.57 Å². The van der Waals surface area contributed by atoms with Gasteiger partial charge in [-0.25, -0.2) is 0 Å². The summed E-state index contributed by atoms with van der Waals surface area (Å²) in [4.78, 5) is 12.7. The van der Waals surface area contributed by atoms with Crippen molar-refractivity contribution in [3.8, 4) is 11.8 Å². The summed E-state index contributed by atoms with van der Waals surface area (Å²) in [6, 6.07) is 6.69. The molecule has 0 spiro atoms. The summed E-state index contributed by atoms with van der Waals surface area (Å²) < 4.78 is 0. The number of benzene rings is 1. The van der Waals surface area contributed by atoms with E-state index in [2.05, 4.69) is 39.2 Å². The van der Waals surface area contributed by atoms with Crippen molar-refractivity contribution in [2.24, 2.45) is 5.41 Å². The Morgan fingerprint density at radius 2 is 2.04 bits per heavy atom. The van der Waals surface area contributed by atoms with Gasteiger partial charge in [0, 0.05) is 24.6 Å². The molecule has 122 valence electrons. The molecule has 0 aliphatic rings. The minimum absolute atomic E-state index is 0.00320. The summed E-state index contributed by atoms with van der Waals surface area (Å²) in [5.74, 6) is 6.16. The summed E-state index contributed by atoms with van der Waals surface area (Å²) in [6.45, 7) is 11.4. The Morgan fingerprint density at radius 3 is 2.65 bits per heavy atom. The van der Waals surface area contributed by atoms with Crippen LogP contribution in [0.15, 0.2) is 43.0 Å². The smallest absolute Gasteiger partial charge is 0.276 e. The molecule has 0 amide bonds. The van der Waals surface area contributed by atoms with Crippen LogP contribution in [-0.4, -0.2) is 30.0 Å². The molecule has 0 heterocycles. The number of hydrogen-bond acceptors (Lipinski definition) is 3. The molecule has 0 atom stereocenters. The van der Waals surface area contributed by atoms with Crippen LogP contribution in [0, 0.1) is 27.4 Å². The fourth-order valence-corrected chi connectivity index (χ4v) is 1.96. The van der Waals surface area contributed by atoms with Crippen LogP contribution in [0.1, 0.15) is 26.3 Å². The van der Waals surface area contributed by atoms with Gasteiger partial charge in [0.25, 0.3) is 5.69 Å². The molecule has 0 unspecified atom stereocenters. The maximum absolute atomic E-state index is 11.1. The lowest BCUT2D eigenvalue weighted by molar-refractivity contribution is -0.385. The van der Waals surface area contributed by atoms with Crippen molar-refractivity contribution in [1.29, 1.82) is 0 Å². The minimum atomic E-state index is -0.373. The first-order chi connectivity index (χ1) is 10.7. The molecular weight excluding hydrogens is 288 g/mol. The van der Waals surface area contributed by atoms with Crippen molar-refractivity contribution in [3.05, 3.63) is 58.7 Å². The van der Waals surface area contributed by atoms with Crippen LogP contribution in [0.2, 0.25) is 0 Å². The number of nitro groups is 1. The summed E-state index contributed by atoms with van der Waals surface area (Å²) >= 11 is 0. The van der Waals surface area contributed by atoms with Crippen LogP contribution >= 0.6 is 0 Å². The Bertz CT molecular complexity index is 658. The maximum atomic E-state index is 11.1. The lowest BCUT2D eigenvalue weighted by Gasteiger charge is -2.16. The molecule has 0 N–H and O–H groups in total. The zero-order chi connectivity index (χ0) is 17.5. The van der Waals surface area contributed by atoms with Crippen molar-refractivity contribution >= 4 is 11.3 Å². The van der Waals surface area contributed by atoms with Gasteiger partial charge < -0.3 is 0 Å². The van der Waals surface area contributed by atoms with Crippen molar-refractivity contribution in [2.75, 3.05) is 20.1 Å². The minimum Gasteiger partial charge on any atom is -0.298 e. The largest absolute Gasteiger partial charge is 0.298 e. The second-order valence-electron chi connectivity index (χ2n) is 6.50. The monoisotopic (exact) mass is 312 g/mol. The first-order valence-corrected chi connectivity index (χ1v) is 7.48. The highest BCUT2D eigenvalue weighted by Crippen LogP contribution is 2.24. The molecule has 23 heavy (non-hydrogen) atoms. The predicted molar refractivity (Wildman–Crippen MR) is 96.0 cm³/mol. The van der Waals surface area contributed by atoms with E-state index in [4.69, 9.17) is 0 Å². The lowest BCUT2D eigenvalue weighted by atomic mass is 9.98. The maximum Gasteiger partial charge on any atom is 0.276 e. The van der Waals surface area contributed by atoms with Gasteiger partial charge >= 0.3 is 0 Å². The van der Waals surface area contributed by atoms with Crippen molar-refractivity contribution in [1.82, 2.24) is 4.90 Å². The number of nitro benzene ring substituents is 1. The van der Waals surface area contributed by atoms with Gasteiger partial charge in [-0.05, 0) is 45.5 Å². The second-order valence-corrected chi connectivity index (χ2v) is 6.50. The number of likely N-dealkylation sites (N-methyl/N-ethyl adjacent to an activating group) is 1. The zero-order valence-corrected chi connectivity index (χ0v) is 14.3. The first kappa shape index (κ1) is 18.7. The molecule has 1 rings (SSSR count). The fraction of sp³-hybridized carbons (Fsp3) is 0.368. The third kappa shape index (κ3) is 6.94. The molecule has 4 heteroatoms. The van der Waals surface area contributed by atoms with E-state index in [0.717, 1.165) is 5.57 Å². The number of allylic oxidation sites excluding steroid dienone is 1. The van der Waals surface area contributed by atoms with E-state index in [1.165, 1.54) is 6.07 Å². The van der Waals surface area contributed by atoms with Gasteiger partial charge in [0.2, 0.25) is 0 Å². The molecule has 1 aromatic carbocycles. The van der Waals surface area contributed by atoms with Gasteiger partial charge in [0.15, 0.2) is 0 Å². The average molecular weight is 312 g/mol. The molecule has 0 bridgehead atoms. The average Bonchev–Trinajstić information content (AvgIpc) is 2.45. The molecule has 0 fully saturated rings. The Kier molecular flexibility index (Phi) is 6.74. The van der Waals surface area contributed by atoms with Crippen LogP contribution in [0.4, 0.5) is 5.69 Å². The lowest BCUT2D eigenvalue weighted by Crippen LogP contribution is -2.20. The molecular formula is C19H24N2O2. The third-order valence-electron chi connectivity index (χ3n) is 3.01. The van der Waals surface area contributed by atoms with Crippen molar-refractivity contribution in [3.63, 3.8) is 0 Å². The highest BCUT2D eigenvalue weighted by Gasteiger charge is 2.15. The highest BCUT2D eigenvalue weighted by atomic mass is 16.6. The van der Waals surface area contributed by atoms with E-state index in [-0.39, 0.29) is 16.0 Å². The third-order valence-corrected chi connectivity index (χ3v) is 3.01. The van der Waals surface area contributed by atoms with Gasteiger partial charge in [0.05, 0.1) is 10.5 Å². The van der Waals surface area contributed by atoms with Crippen LogP contribution in [0.5, 0.6) is 0 Å². The Morgan fingerprint density at radius 1 is 1.39 bits per heavy atom. The number of para-hydroxylation sites is 1. The van der Waals surface area contributed by atoms with Crippen LogP contribution in [0.3, 0.4) is 0 Å². The molecule has 0 aromatic heterocycles. The Hall–Kier alpha value is -2.38. The topological polar surface area (TPSA) is 46.4 Å². The summed E-state index contributed by atoms with van der Waals surface area (Å²) in [5, 5.41) is 11.1. The molecule has 1 aromatic rings. The second kappa shape index (κ2) is 8.30. The SMILES string of the molecule is C=C(CN(C)C/C=C/C#CC(C)(C)C)c1ccccc1[N+](=O)[O-]. The summed E-state index contributed by atoms with van der Waals surface area (Å²) in [7, 11) is 1.95. The van der Waals surface area contributed by atoms with Crippen molar-refractivity contribution < 1.29 is 4.92 Å². The van der Waals surface area contributed by atoms with E-state index in [1.807, 2.05) is 24.1 Å². The molecule has 4 nitrogen and oxygen atoms in total. The van der Waals surface area contributed by atoms with E-state index in [9.17, 15) is 10.1 Å². The predicted octanol–water partition coefficient (Wildman–Crippen LogP) is 4.15. The summed E-state index contributed by atoms with van der Waals surface area (Å²) in [6.07, 6.45) is 3.82. The van der Waals surface area contributed by atoms with Crippen molar-refractivity contribution in [2.45, 2.75) is 20.8 Å². The molecule has 0 saturated carbocycles. The highest BCUT2D eigenvalue weighted by molar-refractivity contribution is 5.72. The number of hydrogen-bond donors (Lipinski definition) is 0. The van der Waals surface area contributed by atoms with E-state index in [1.54, 1.807) is 18.2 Å². The molecule has 0 radical (unpaired) electrons. The first-order valence-electron chi connectivity index (χ1n) is 7.48. The molecule has 0 saturated heterocycles. The number of rotatable bonds is 6. The molecule has 0 aliphatic heterocycles. The van der Waals surface area contributed by atoms with E-state index in [0.29, 0.717) is 18.7 Å². The van der Waals surface area contributed by atoms with E-state index < -0.39 is 0 Å². The van der Waals surface area contributed by atoms with Gasteiger partial charge in [0.1, 0.15) is 0 Å². The van der Waals surface area contributed by atoms with Gasteiger partial charge in [-0.2, -0.15) is 0 Å². The summed E-state index contributed by atoms with van der Waals surface area (Å²) in [5.41, 5.74) is 1.41. The van der Waals surface area contributed by atoms with Gasteiger partial charge in [-0.3, -0.25) is 15.0 Å². The van der Waals surface area contributed by atoms with Crippen LogP contribution in [-0.2, 0) is 0 Å². The molecule has 0 aliphatic carbocycles. The van der Waals surface area contributed by atoms with Gasteiger partial charge in [-0.1, -0.05) is 36.6 Å². The zero-order valence-electron chi connectivity index (χ0n) is 14.3. The van der Waals surface area contributed by atoms with E-state index >= 15 is 0 Å². The number of nitrogens with zero attached hydrogens (tertiary/aromatic N) is 2. The quantitative estimate of drug-likeness (QED) is 0.450. The van der Waals surface area contributed by atoms with Gasteiger partial charge in [-0.15, -0.1) is 0 Å². The van der Waals surface area contributed by atoms with Crippen LogP contribution < -0.4 is 0 Å². The Balaban J connectivity index is 2.63. The fourth-order valence-electron chi connectivity index (χ4n) is 1.96.